The summed E-state index contributed by atoms with van der Waals surface area (Å²) in [6.45, 7) is 1.95. The molecular weight excluding hydrogens is 444 g/mol. The highest BCUT2D eigenvalue weighted by atomic mass is 35.5. The summed E-state index contributed by atoms with van der Waals surface area (Å²) in [6.07, 6.45) is 3.40. The van der Waals surface area contributed by atoms with Crippen molar-refractivity contribution in [3.63, 3.8) is 0 Å². The van der Waals surface area contributed by atoms with Crippen molar-refractivity contribution in [2.24, 2.45) is 0 Å². The fourth-order valence-corrected chi connectivity index (χ4v) is 4.33. The van der Waals surface area contributed by atoms with Crippen LogP contribution >= 0.6 is 23.4 Å². The Morgan fingerprint density at radius 3 is 2.72 bits per heavy atom. The maximum Gasteiger partial charge on any atom is 0.267 e. The molecule has 0 aliphatic rings. The molecule has 0 aliphatic carbocycles. The van der Waals surface area contributed by atoms with Crippen molar-refractivity contribution in [1.82, 2.24) is 19.5 Å². The van der Waals surface area contributed by atoms with E-state index in [-0.39, 0.29) is 5.56 Å². The van der Waals surface area contributed by atoms with Gasteiger partial charge in [0.1, 0.15) is 5.82 Å². The molecule has 0 unspecified atom stereocenters. The third kappa shape index (κ3) is 4.04. The molecule has 158 valence electrons. The molecule has 0 fully saturated rings. The zero-order valence-corrected chi connectivity index (χ0v) is 18.6. The summed E-state index contributed by atoms with van der Waals surface area (Å²) in [6, 6.07) is 18.4. The second kappa shape index (κ2) is 8.61. The highest BCUT2D eigenvalue weighted by Gasteiger charge is 2.16. The number of fused-ring (bicyclic) bond motifs is 1. The van der Waals surface area contributed by atoms with Crippen molar-refractivity contribution < 1.29 is 4.42 Å². The molecule has 2 aromatic carbocycles. The van der Waals surface area contributed by atoms with E-state index in [1.807, 2.05) is 61.5 Å². The van der Waals surface area contributed by atoms with E-state index < -0.39 is 0 Å². The molecular formula is C24H17ClN4O2S. The number of aryl methyl sites for hydroxylation is 1. The molecule has 5 aromatic rings. The van der Waals surface area contributed by atoms with Gasteiger partial charge in [0.15, 0.2) is 10.9 Å². The van der Waals surface area contributed by atoms with E-state index >= 15 is 0 Å². The van der Waals surface area contributed by atoms with Crippen LogP contribution in [-0.2, 0) is 5.75 Å². The van der Waals surface area contributed by atoms with Crippen LogP contribution in [-0.4, -0.2) is 19.5 Å². The second-order valence-electron chi connectivity index (χ2n) is 7.16. The molecule has 0 N–H and O–H groups in total. The van der Waals surface area contributed by atoms with Gasteiger partial charge in [-0.15, -0.1) is 0 Å². The molecule has 0 bridgehead atoms. The maximum atomic E-state index is 13.3. The van der Waals surface area contributed by atoms with Gasteiger partial charge in [0.25, 0.3) is 5.56 Å². The average molecular weight is 461 g/mol. The van der Waals surface area contributed by atoms with Crippen molar-refractivity contribution in [2.75, 3.05) is 0 Å². The SMILES string of the molecule is Cc1ccc(-n2c(SCc3ncc(-c4cccc(Cl)c4)o3)nc3ccccc3c2=O)nc1. The van der Waals surface area contributed by atoms with Gasteiger partial charge in [0.2, 0.25) is 5.89 Å². The van der Waals surface area contributed by atoms with Gasteiger partial charge in [-0.25, -0.2) is 19.5 Å². The fourth-order valence-electron chi connectivity index (χ4n) is 3.28. The Balaban J connectivity index is 1.51. The molecule has 0 amide bonds. The van der Waals surface area contributed by atoms with Crippen LogP contribution < -0.4 is 5.56 Å². The lowest BCUT2D eigenvalue weighted by Gasteiger charge is -2.12. The molecule has 0 aliphatic heterocycles. The number of hydrogen-bond acceptors (Lipinski definition) is 6. The summed E-state index contributed by atoms with van der Waals surface area (Å²) >= 11 is 7.45. The first-order valence-electron chi connectivity index (χ1n) is 9.87. The first-order chi connectivity index (χ1) is 15.6. The highest BCUT2D eigenvalue weighted by Crippen LogP contribution is 2.27. The van der Waals surface area contributed by atoms with E-state index in [1.165, 1.54) is 16.3 Å². The third-order valence-electron chi connectivity index (χ3n) is 4.86. The summed E-state index contributed by atoms with van der Waals surface area (Å²) in [5.41, 5.74) is 2.33. The van der Waals surface area contributed by atoms with Gasteiger partial charge >= 0.3 is 0 Å². The molecule has 6 nitrogen and oxygen atoms in total. The predicted octanol–water partition coefficient (Wildman–Crippen LogP) is 5.69. The van der Waals surface area contributed by atoms with Crippen LogP contribution in [0.1, 0.15) is 11.5 Å². The zero-order chi connectivity index (χ0) is 22.1. The van der Waals surface area contributed by atoms with Crippen LogP contribution in [0.5, 0.6) is 0 Å². The Hall–Kier alpha value is -3.42. The minimum atomic E-state index is -0.165. The van der Waals surface area contributed by atoms with Gasteiger partial charge in [0.05, 0.1) is 22.9 Å². The maximum absolute atomic E-state index is 13.3. The number of para-hydroxylation sites is 1. The van der Waals surface area contributed by atoms with Gasteiger partial charge in [-0.1, -0.05) is 53.7 Å². The quantitative estimate of drug-likeness (QED) is 0.248. The summed E-state index contributed by atoms with van der Waals surface area (Å²) in [7, 11) is 0. The summed E-state index contributed by atoms with van der Waals surface area (Å²) in [4.78, 5) is 26.8. The molecule has 0 radical (unpaired) electrons. The Morgan fingerprint density at radius 1 is 1.03 bits per heavy atom. The number of benzene rings is 2. The minimum absolute atomic E-state index is 0.165. The van der Waals surface area contributed by atoms with Crippen molar-refractivity contribution in [3.8, 4) is 17.1 Å². The smallest absolute Gasteiger partial charge is 0.267 e. The summed E-state index contributed by atoms with van der Waals surface area (Å²) in [5.74, 6) is 2.08. The standard InChI is InChI=1S/C24H17ClN4O2S/c1-15-9-10-21(26-12-15)29-23(30)18-7-2-3-8-19(18)28-24(29)32-14-22-27-13-20(31-22)16-5-4-6-17(25)11-16/h2-13H,14H2,1H3. The highest BCUT2D eigenvalue weighted by molar-refractivity contribution is 7.98. The van der Waals surface area contributed by atoms with Crippen molar-refractivity contribution in [1.29, 1.82) is 0 Å². The van der Waals surface area contributed by atoms with Crippen LogP contribution in [0.4, 0.5) is 0 Å². The minimum Gasteiger partial charge on any atom is -0.440 e. The molecule has 0 saturated heterocycles. The Labute approximate surface area is 192 Å². The fraction of sp³-hybridized carbons (Fsp3) is 0.0833. The van der Waals surface area contributed by atoms with Gasteiger partial charge < -0.3 is 4.42 Å². The zero-order valence-electron chi connectivity index (χ0n) is 17.0. The first-order valence-corrected chi connectivity index (χ1v) is 11.2. The molecule has 5 rings (SSSR count). The third-order valence-corrected chi connectivity index (χ3v) is 6.02. The van der Waals surface area contributed by atoms with E-state index in [0.29, 0.717) is 44.3 Å². The second-order valence-corrected chi connectivity index (χ2v) is 8.54. The number of thioether (sulfide) groups is 1. The van der Waals surface area contributed by atoms with E-state index in [2.05, 4.69) is 9.97 Å². The predicted molar refractivity (Wildman–Crippen MR) is 126 cm³/mol. The van der Waals surface area contributed by atoms with E-state index in [9.17, 15) is 4.79 Å². The van der Waals surface area contributed by atoms with Crippen molar-refractivity contribution >= 4 is 34.3 Å². The number of nitrogens with zero attached hydrogens (tertiary/aromatic N) is 4. The lowest BCUT2D eigenvalue weighted by molar-refractivity contribution is 0.529. The number of oxazole rings is 1. The Morgan fingerprint density at radius 2 is 1.91 bits per heavy atom. The number of rotatable bonds is 5. The molecule has 0 spiro atoms. The molecule has 0 atom stereocenters. The molecule has 3 heterocycles. The van der Waals surface area contributed by atoms with Crippen LogP contribution in [0.3, 0.4) is 0 Å². The van der Waals surface area contributed by atoms with Crippen molar-refractivity contribution in [3.05, 3.63) is 99.9 Å². The van der Waals surface area contributed by atoms with Gasteiger partial charge in [-0.3, -0.25) is 4.79 Å². The van der Waals surface area contributed by atoms with Crippen LogP contribution in [0.25, 0.3) is 28.0 Å². The van der Waals surface area contributed by atoms with Crippen LogP contribution in [0.2, 0.25) is 5.02 Å². The number of hydrogen-bond donors (Lipinski definition) is 0. The van der Waals surface area contributed by atoms with E-state index in [0.717, 1.165) is 11.1 Å². The topological polar surface area (TPSA) is 73.8 Å². The summed E-state index contributed by atoms with van der Waals surface area (Å²) in [5, 5.41) is 1.69. The lowest BCUT2D eigenvalue weighted by atomic mass is 10.2. The average Bonchev–Trinajstić information content (AvgIpc) is 3.28. The number of halogens is 1. The summed E-state index contributed by atoms with van der Waals surface area (Å²) < 4.78 is 7.44. The van der Waals surface area contributed by atoms with Gasteiger partial charge in [-0.05, 0) is 42.8 Å². The normalized spacial score (nSPS) is 11.2. The van der Waals surface area contributed by atoms with Crippen LogP contribution in [0, 0.1) is 6.92 Å². The van der Waals surface area contributed by atoms with E-state index in [1.54, 1.807) is 18.5 Å². The number of pyridine rings is 1. The van der Waals surface area contributed by atoms with Gasteiger partial charge in [0, 0.05) is 16.8 Å². The molecule has 3 aromatic heterocycles. The number of aromatic nitrogens is 4. The molecule has 8 heteroatoms. The largest absolute Gasteiger partial charge is 0.440 e. The molecule has 0 saturated carbocycles. The Bertz CT molecular complexity index is 1480. The van der Waals surface area contributed by atoms with Gasteiger partial charge in [-0.2, -0.15) is 0 Å². The lowest BCUT2D eigenvalue weighted by Crippen LogP contribution is -2.22. The van der Waals surface area contributed by atoms with E-state index in [4.69, 9.17) is 21.0 Å². The molecule has 32 heavy (non-hydrogen) atoms. The van der Waals surface area contributed by atoms with Crippen molar-refractivity contribution in [2.45, 2.75) is 17.8 Å². The van der Waals surface area contributed by atoms with Crippen LogP contribution in [0.15, 0.2) is 87.4 Å². The Kier molecular flexibility index (Phi) is 5.51. The first kappa shape index (κ1) is 20.5. The monoisotopic (exact) mass is 460 g/mol.